The molecule has 0 atom stereocenters. The molecule has 0 spiro atoms. The minimum Gasteiger partial charge on any atom is -0.390 e. The van der Waals surface area contributed by atoms with Crippen LogP contribution in [0.4, 0.5) is 4.39 Å². The second-order valence-corrected chi connectivity index (χ2v) is 55.2. The van der Waals surface area contributed by atoms with Gasteiger partial charge in [0.2, 0.25) is 41.4 Å². The zero-order valence-corrected chi connectivity index (χ0v) is 84.0. The number of aliphatic hydroxyl groups is 1. The quantitative estimate of drug-likeness (QED) is 0.169. The number of piperidine rings is 7. The molecule has 16 bridgehead atoms. The summed E-state index contributed by atoms with van der Waals surface area (Å²) in [7, 11) is 0. The Morgan fingerprint density at radius 2 is 0.496 bits per heavy atom. The molecule has 0 aromatic carbocycles. The van der Waals surface area contributed by atoms with Gasteiger partial charge in [-0.3, -0.25) is 33.6 Å². The van der Waals surface area contributed by atoms with E-state index in [2.05, 4.69) is 133 Å². The van der Waals surface area contributed by atoms with Gasteiger partial charge in [-0.2, -0.15) is 0 Å². The maximum absolute atomic E-state index is 13.4. The first-order valence-electron chi connectivity index (χ1n) is 55.7. The Morgan fingerprint density at radius 3 is 0.721 bits per heavy atom. The third-order valence-corrected chi connectivity index (χ3v) is 44.6. The van der Waals surface area contributed by atoms with Crippen LogP contribution in [0, 0.1) is 209 Å². The molecule has 7 heterocycles. The van der Waals surface area contributed by atoms with Gasteiger partial charge in [0.05, 0.1) is 38.1 Å². The molecule has 7 aliphatic heterocycles. The van der Waals surface area contributed by atoms with Gasteiger partial charge in [-0.25, -0.2) is 4.39 Å². The molecular formula is C113H180FN7O8. The predicted molar refractivity (Wildman–Crippen MR) is 507 cm³/mol. The van der Waals surface area contributed by atoms with Gasteiger partial charge < -0.3 is 39.4 Å². The summed E-state index contributed by atoms with van der Waals surface area (Å²) in [6.07, 6.45) is 45.1. The lowest BCUT2D eigenvalue weighted by molar-refractivity contribution is -0.597. The van der Waals surface area contributed by atoms with Gasteiger partial charge >= 0.3 is 0 Å². The predicted octanol–water partition coefficient (Wildman–Crippen LogP) is 21.2. The Hall–Kier alpha value is -3.82. The molecule has 722 valence electrons. The topological polar surface area (TPSA) is 162 Å². The van der Waals surface area contributed by atoms with Gasteiger partial charge in [-0.1, -0.05) is 104 Å². The molecule has 7 amide bonds. The van der Waals surface area contributed by atoms with Crippen molar-refractivity contribution in [3.63, 3.8) is 0 Å². The highest BCUT2D eigenvalue weighted by Crippen LogP contribution is 3.06. The summed E-state index contributed by atoms with van der Waals surface area (Å²) >= 11 is 0. The van der Waals surface area contributed by atoms with E-state index in [1.807, 2.05) is 4.90 Å². The van der Waals surface area contributed by atoms with E-state index in [0.717, 1.165) is 309 Å². The van der Waals surface area contributed by atoms with E-state index in [1.54, 1.807) is 0 Å². The van der Waals surface area contributed by atoms with Crippen LogP contribution in [0.1, 0.15) is 354 Å². The largest absolute Gasteiger partial charge is 0.390 e. The highest BCUT2D eigenvalue weighted by atomic mass is 19.1. The third-order valence-electron chi connectivity index (χ3n) is 44.6. The smallest absolute Gasteiger partial charge is 0.229 e. The van der Waals surface area contributed by atoms with Crippen LogP contribution in [0.3, 0.4) is 0 Å². The van der Waals surface area contributed by atoms with Crippen molar-refractivity contribution in [3.8, 4) is 0 Å². The third kappa shape index (κ3) is 16.0. The molecule has 1 N–H and O–H groups in total. The first kappa shape index (κ1) is 92.9. The molecule has 0 aromatic heterocycles. The molecule has 0 radical (unpaired) electrons. The van der Waals surface area contributed by atoms with Crippen molar-refractivity contribution in [2.45, 2.75) is 366 Å². The molecule has 33 rings (SSSR count). The van der Waals surface area contributed by atoms with E-state index in [1.165, 1.54) is 180 Å². The van der Waals surface area contributed by atoms with E-state index in [-0.39, 0.29) is 38.4 Å². The van der Waals surface area contributed by atoms with Gasteiger partial charge in [0.1, 0.15) is 5.67 Å². The van der Waals surface area contributed by atoms with Crippen LogP contribution in [-0.2, 0) is 33.6 Å². The van der Waals surface area contributed by atoms with Crippen molar-refractivity contribution in [2.24, 2.45) is 209 Å². The van der Waals surface area contributed by atoms with E-state index in [4.69, 9.17) is 0 Å². The molecule has 26 aliphatic carbocycles. The van der Waals surface area contributed by atoms with Crippen molar-refractivity contribution in [3.05, 3.63) is 0 Å². The standard InChI is InChI=1S/C20H33NO.C19H31NO.C17H23NO.C15H25NO.C14H22FNO.C14H23NO2.C14H23NO/c1-14(2)18-3-5-21(6-4-18)19(22)13-20-10-15-7-16(11-20)9-17(8-15)12-20;1-13(2)17-3-5-20(6-4-17)18(21)19-10-14-7-15(11-19)9-16(8-14)12-19;1-7(2)8-3-5-18(6-4-8)16(19)17-13-10-9-11(13)15(17)12(9)14(10)17;1-11(2)12-4-6-16(7-5-12)13(17)15-8-14(3,9-15)10-15;1-10(2)11-3-5-16(6-4-11)12(17)13-7-14(15,8-13)9-13;1-10(2)11-3-5-15(6-4-11)12(16)13-7-14(17,8-13)9-13;1-10(2)12-3-5-15(6-4-12)13(16)14-7-11(8-14)9-14/h14-18H,3-13H2,1-2H3;13-17H,3-12H2,1-2H3;7-15H,3-6H2,1-2H3;11-12H,4-10H2,1-3H3;10-11H,3-9H2,1-2H3;10-11,17H,3-9H2,1-2H3;10-12H,3-9H2,1-2H3. The zero-order chi connectivity index (χ0) is 90.7. The fourth-order valence-electron chi connectivity index (χ4n) is 37.7. The summed E-state index contributed by atoms with van der Waals surface area (Å²) in [4.78, 5) is 104. The Labute approximate surface area is 780 Å². The lowest BCUT2D eigenvalue weighted by Gasteiger charge is -3.06. The Balaban J connectivity index is 0.0000000946. The number of nitrogens with zero attached hydrogens (tertiary/aromatic N) is 7. The minimum atomic E-state index is -0.952. The molecule has 0 unspecified atom stereocenters. The average Bonchev–Trinajstić information content (AvgIpc) is 0.557. The number of carbonyl (C=O) groups excluding carboxylic acids is 7. The van der Waals surface area contributed by atoms with Crippen LogP contribution >= 0.6 is 0 Å². The summed E-state index contributed by atoms with van der Waals surface area (Å²) in [6.45, 7) is 48.6. The van der Waals surface area contributed by atoms with E-state index in [9.17, 15) is 43.1 Å². The normalized spacial score (nSPS) is 44.2. The van der Waals surface area contributed by atoms with Crippen LogP contribution in [0.2, 0.25) is 0 Å². The minimum absolute atomic E-state index is 0.0828. The lowest BCUT2D eigenvalue weighted by atomic mass is 8.96. The highest BCUT2D eigenvalue weighted by Gasteiger charge is 3.06. The van der Waals surface area contributed by atoms with Crippen molar-refractivity contribution in [1.82, 2.24) is 34.3 Å². The van der Waals surface area contributed by atoms with Crippen LogP contribution in [0.15, 0.2) is 0 Å². The second kappa shape index (κ2) is 34.1. The first-order valence-corrected chi connectivity index (χ1v) is 55.7. The number of amides is 7. The number of likely N-dealkylation sites (tertiary alicyclic amines) is 7. The van der Waals surface area contributed by atoms with Crippen molar-refractivity contribution >= 4 is 41.4 Å². The van der Waals surface area contributed by atoms with E-state index in [0.29, 0.717) is 65.5 Å². The zero-order valence-electron chi connectivity index (χ0n) is 84.0. The summed E-state index contributed by atoms with van der Waals surface area (Å²) in [6, 6.07) is 0. The second-order valence-electron chi connectivity index (χ2n) is 55.2. The van der Waals surface area contributed by atoms with Crippen LogP contribution < -0.4 is 0 Å². The molecule has 15 nitrogen and oxygen atoms in total. The molecule has 33 aliphatic rings. The van der Waals surface area contributed by atoms with Crippen LogP contribution in [-0.4, -0.2) is 184 Å². The maximum Gasteiger partial charge on any atom is 0.229 e. The fraction of sp³-hybridized carbons (Fsp3) is 0.938. The number of hydrogen-bond acceptors (Lipinski definition) is 8. The molecule has 7 saturated heterocycles. The summed E-state index contributed by atoms with van der Waals surface area (Å²) in [5.41, 5.74) is -0.253. The van der Waals surface area contributed by atoms with Gasteiger partial charge in [0.25, 0.3) is 0 Å². The number of rotatable bonds is 15. The molecular weight excluding hydrogens is 1600 g/mol. The lowest BCUT2D eigenvalue weighted by Crippen LogP contribution is -3.07. The molecule has 16 heteroatoms. The molecule has 0 aromatic rings. The SMILES string of the molecule is CC(C)C1CCN(C(=O)C23C4C5C6C4C2C6C53)CC1.CC(C)C1CCN(C(=O)C23CC(C)(C2)C3)CC1.CC(C)C1CCN(C(=O)C23CC(C2)C3)CC1.CC(C)C1CCN(C(=O)C23CC(F)(C2)C3)CC1.CC(C)C1CCN(C(=O)C23CC(O)(C2)C3)CC1.CC(C)C1CCN(C(=O)C23CC4CC(CC(C4)C2)C3)CC1.CC(C)C1CCN(C(=O)CC23CC4CC(CC(C4)C2)C3)CC1. The Kier molecular flexibility index (Phi) is 24.5. The summed E-state index contributed by atoms with van der Waals surface area (Å²) < 4.78 is 13.4. The fourth-order valence-corrected chi connectivity index (χ4v) is 37.7. The Morgan fingerprint density at radius 1 is 0.279 bits per heavy atom. The summed E-state index contributed by atoms with van der Waals surface area (Å²) in [5, 5.41) is 9.74. The van der Waals surface area contributed by atoms with E-state index >= 15 is 0 Å². The number of alkyl halides is 1. The molecule has 129 heavy (non-hydrogen) atoms. The molecule has 26 saturated carbocycles. The van der Waals surface area contributed by atoms with Gasteiger partial charge in [0, 0.05) is 98.0 Å². The highest BCUT2D eigenvalue weighted by molar-refractivity contribution is 5.92. The number of hydrogen-bond donors (Lipinski definition) is 1. The van der Waals surface area contributed by atoms with Crippen LogP contribution in [0.25, 0.3) is 0 Å². The van der Waals surface area contributed by atoms with Gasteiger partial charge in [-0.05, 0) is 421 Å². The van der Waals surface area contributed by atoms with Crippen molar-refractivity contribution < 1.29 is 43.1 Å². The number of halogens is 1. The monoisotopic (exact) mass is 1780 g/mol. The van der Waals surface area contributed by atoms with Crippen molar-refractivity contribution in [2.75, 3.05) is 91.6 Å². The Bertz CT molecular complexity index is 3780. The molecule has 33 fully saturated rings. The number of carbonyl (C=O) groups is 7. The maximum atomic E-state index is 13.4. The van der Waals surface area contributed by atoms with Gasteiger partial charge in [0.15, 0.2) is 0 Å². The van der Waals surface area contributed by atoms with E-state index < -0.39 is 11.3 Å². The van der Waals surface area contributed by atoms with Crippen LogP contribution in [0.5, 0.6) is 0 Å². The average molecular weight is 1780 g/mol. The summed E-state index contributed by atoms with van der Waals surface area (Å²) in [5.74, 6) is 27.7. The van der Waals surface area contributed by atoms with Crippen molar-refractivity contribution in [1.29, 1.82) is 0 Å². The van der Waals surface area contributed by atoms with Gasteiger partial charge in [-0.15, -0.1) is 0 Å². The first-order chi connectivity index (χ1) is 61.2.